The Labute approximate surface area is 77.4 Å². The highest BCUT2D eigenvalue weighted by Gasteiger charge is 2.45. The Hall–Kier alpha value is -0.870. The average Bonchev–Trinajstić information content (AvgIpc) is 2.11. The van der Waals surface area contributed by atoms with Gasteiger partial charge in [0, 0.05) is 0 Å². The molecule has 0 bridgehead atoms. The molecule has 1 N–H and O–H groups in total. The highest BCUT2D eigenvalue weighted by molar-refractivity contribution is 5.88. The number of carbonyl (C=O) groups excluding carboxylic acids is 1. The zero-order chi connectivity index (χ0) is 10.4. The smallest absolute Gasteiger partial charge is 0.0691 e. The Morgan fingerprint density at radius 2 is 1.92 bits per heavy atom. The van der Waals surface area contributed by atoms with Crippen LogP contribution in [0.5, 0.6) is 0 Å². The predicted octanol–water partition coefficient (Wildman–Crippen LogP) is -0.0753. The van der Waals surface area contributed by atoms with E-state index in [0.29, 0.717) is 0 Å². The number of rotatable bonds is 1. The Morgan fingerprint density at radius 1 is 1.46 bits per heavy atom. The zero-order valence-electron chi connectivity index (χ0n) is 8.29. The third-order valence-corrected chi connectivity index (χ3v) is 2.45. The van der Waals surface area contributed by atoms with Crippen LogP contribution in [-0.4, -0.2) is 27.3 Å². The second-order valence-electron chi connectivity index (χ2n) is 4.37. The number of carboxylic acids is 1. The largest absolute Gasteiger partial charge is 0.545 e. The van der Waals surface area contributed by atoms with Crippen LogP contribution in [0.4, 0.5) is 0 Å². The summed E-state index contributed by atoms with van der Waals surface area (Å²) in [6.45, 7) is 6.77. The molecule has 0 aromatic carbocycles. The van der Waals surface area contributed by atoms with Gasteiger partial charge in [0.1, 0.15) is 0 Å². The van der Waals surface area contributed by atoms with Gasteiger partial charge in [-0.15, -0.1) is 0 Å². The van der Waals surface area contributed by atoms with E-state index in [2.05, 4.69) is 0 Å². The summed E-state index contributed by atoms with van der Waals surface area (Å²) in [4.78, 5) is 10.7. The lowest BCUT2D eigenvalue weighted by Gasteiger charge is -2.36. The summed E-state index contributed by atoms with van der Waals surface area (Å²) in [7, 11) is 0. The minimum absolute atomic E-state index is 0.125. The molecule has 0 radical (unpaired) electrons. The number of carboxylic acid groups (broad SMARTS) is 1. The predicted molar refractivity (Wildman–Crippen MR) is 44.9 cm³/mol. The van der Waals surface area contributed by atoms with Crippen LogP contribution in [0.1, 0.15) is 27.7 Å². The minimum atomic E-state index is -1.23. The van der Waals surface area contributed by atoms with Crippen LogP contribution >= 0.6 is 0 Å². The number of hydroxylamine groups is 2. The third kappa shape index (κ3) is 1.36. The maximum Gasteiger partial charge on any atom is 0.0691 e. The van der Waals surface area contributed by atoms with Gasteiger partial charge in [-0.05, 0) is 33.3 Å². The lowest BCUT2D eigenvalue weighted by Crippen LogP contribution is -2.49. The van der Waals surface area contributed by atoms with Gasteiger partial charge in [0.25, 0.3) is 0 Å². The van der Waals surface area contributed by atoms with Crippen molar-refractivity contribution in [1.82, 2.24) is 5.06 Å². The fourth-order valence-electron chi connectivity index (χ4n) is 1.73. The first-order valence-corrected chi connectivity index (χ1v) is 4.13. The van der Waals surface area contributed by atoms with Crippen molar-refractivity contribution in [2.75, 3.05) is 0 Å². The van der Waals surface area contributed by atoms with Crippen molar-refractivity contribution < 1.29 is 15.1 Å². The van der Waals surface area contributed by atoms with Crippen LogP contribution in [0.2, 0.25) is 0 Å². The van der Waals surface area contributed by atoms with Crippen LogP contribution in [-0.2, 0) is 4.79 Å². The first-order chi connectivity index (χ1) is 5.69. The van der Waals surface area contributed by atoms with E-state index in [1.807, 2.05) is 0 Å². The van der Waals surface area contributed by atoms with Crippen molar-refractivity contribution in [3.63, 3.8) is 0 Å². The molecule has 1 heterocycles. The molecule has 0 aromatic heterocycles. The summed E-state index contributed by atoms with van der Waals surface area (Å²) in [5.41, 5.74) is -1.42. The molecule has 0 saturated heterocycles. The van der Waals surface area contributed by atoms with E-state index in [4.69, 9.17) is 0 Å². The van der Waals surface area contributed by atoms with E-state index in [-0.39, 0.29) is 5.57 Å². The quantitative estimate of drug-likeness (QED) is 0.619. The molecule has 13 heavy (non-hydrogen) atoms. The molecule has 74 valence electrons. The fraction of sp³-hybridized carbons (Fsp3) is 0.667. The molecule has 0 atom stereocenters. The van der Waals surface area contributed by atoms with Crippen LogP contribution in [0.25, 0.3) is 0 Å². The standard InChI is InChI=1S/C9H15NO3/c1-8(2)5-6(7(11)12)9(3,4)10(8)13/h5,13H,1-4H3,(H,11,12)/p-1. The summed E-state index contributed by atoms with van der Waals surface area (Å²) in [5.74, 6) is -1.23. The maximum absolute atomic E-state index is 10.7. The maximum atomic E-state index is 10.7. The van der Waals surface area contributed by atoms with Gasteiger partial charge >= 0.3 is 0 Å². The van der Waals surface area contributed by atoms with E-state index >= 15 is 0 Å². The van der Waals surface area contributed by atoms with Crippen molar-refractivity contribution in [2.24, 2.45) is 0 Å². The lowest BCUT2D eigenvalue weighted by molar-refractivity contribution is -0.301. The Bertz CT molecular complexity index is 279. The topological polar surface area (TPSA) is 63.6 Å². The molecule has 4 heteroatoms. The van der Waals surface area contributed by atoms with Gasteiger partial charge in [0.15, 0.2) is 0 Å². The molecule has 0 fully saturated rings. The minimum Gasteiger partial charge on any atom is -0.545 e. The normalized spacial score (nSPS) is 25.8. The summed E-state index contributed by atoms with van der Waals surface area (Å²) in [6.07, 6.45) is 1.52. The van der Waals surface area contributed by atoms with Crippen molar-refractivity contribution >= 4 is 5.97 Å². The summed E-state index contributed by atoms with van der Waals surface area (Å²) in [5, 5.41) is 21.5. The molecule has 0 saturated carbocycles. The molecule has 1 aliphatic rings. The molecule has 4 nitrogen and oxygen atoms in total. The van der Waals surface area contributed by atoms with E-state index in [1.54, 1.807) is 27.7 Å². The van der Waals surface area contributed by atoms with Gasteiger partial charge < -0.3 is 15.1 Å². The third-order valence-electron chi connectivity index (χ3n) is 2.45. The first kappa shape index (κ1) is 10.2. The molecule has 0 amide bonds. The van der Waals surface area contributed by atoms with Gasteiger partial charge in [-0.1, -0.05) is 6.08 Å². The van der Waals surface area contributed by atoms with E-state index in [0.717, 1.165) is 5.06 Å². The fourth-order valence-corrected chi connectivity index (χ4v) is 1.73. The van der Waals surface area contributed by atoms with E-state index < -0.39 is 17.0 Å². The molecular weight excluding hydrogens is 170 g/mol. The van der Waals surface area contributed by atoms with Gasteiger partial charge in [0.2, 0.25) is 0 Å². The lowest BCUT2D eigenvalue weighted by atomic mass is 9.97. The summed E-state index contributed by atoms with van der Waals surface area (Å²) < 4.78 is 0. The number of hydrogen-bond acceptors (Lipinski definition) is 4. The number of aliphatic carboxylic acids is 1. The molecule has 0 spiro atoms. The Kier molecular flexibility index (Phi) is 2.01. The van der Waals surface area contributed by atoms with Crippen molar-refractivity contribution in [2.45, 2.75) is 38.8 Å². The Balaban J connectivity index is 3.17. The van der Waals surface area contributed by atoms with Gasteiger partial charge in [-0.25, -0.2) is 0 Å². The molecule has 0 aromatic rings. The SMILES string of the molecule is CC1(C)C=C(C(=O)[O-])C(C)(C)N1O. The van der Waals surface area contributed by atoms with Crippen molar-refractivity contribution in [3.8, 4) is 0 Å². The highest BCUT2D eigenvalue weighted by Crippen LogP contribution is 2.37. The molecular formula is C9H14NO3-. The molecule has 1 rings (SSSR count). The van der Waals surface area contributed by atoms with Gasteiger partial charge in [-0.3, -0.25) is 0 Å². The van der Waals surface area contributed by atoms with E-state index in [9.17, 15) is 15.1 Å². The number of carbonyl (C=O) groups is 1. The number of nitrogens with zero attached hydrogens (tertiary/aromatic N) is 1. The van der Waals surface area contributed by atoms with Crippen LogP contribution < -0.4 is 5.11 Å². The zero-order valence-corrected chi connectivity index (χ0v) is 8.29. The molecule has 0 aliphatic carbocycles. The second kappa shape index (κ2) is 2.56. The van der Waals surface area contributed by atoms with Crippen molar-refractivity contribution in [3.05, 3.63) is 11.6 Å². The van der Waals surface area contributed by atoms with Crippen LogP contribution in [0, 0.1) is 0 Å². The number of hydrogen-bond donors (Lipinski definition) is 1. The van der Waals surface area contributed by atoms with Gasteiger partial charge in [0.05, 0.1) is 17.0 Å². The van der Waals surface area contributed by atoms with E-state index in [1.165, 1.54) is 6.08 Å². The second-order valence-corrected chi connectivity index (χ2v) is 4.37. The summed E-state index contributed by atoms with van der Waals surface area (Å²) >= 11 is 0. The highest BCUT2D eigenvalue weighted by atomic mass is 16.5. The first-order valence-electron chi connectivity index (χ1n) is 4.13. The molecule has 1 aliphatic heterocycles. The van der Waals surface area contributed by atoms with Crippen LogP contribution in [0.15, 0.2) is 11.6 Å². The molecule has 0 unspecified atom stereocenters. The van der Waals surface area contributed by atoms with Crippen molar-refractivity contribution in [1.29, 1.82) is 0 Å². The Morgan fingerprint density at radius 3 is 2.08 bits per heavy atom. The van der Waals surface area contributed by atoms with Gasteiger partial charge in [-0.2, -0.15) is 5.06 Å². The van der Waals surface area contributed by atoms with Crippen LogP contribution in [0.3, 0.4) is 0 Å². The average molecular weight is 184 g/mol. The summed E-state index contributed by atoms with van der Waals surface area (Å²) in [6, 6.07) is 0. The monoisotopic (exact) mass is 184 g/mol.